The van der Waals surface area contributed by atoms with Crippen LogP contribution in [0.5, 0.6) is 0 Å². The van der Waals surface area contributed by atoms with Gasteiger partial charge in [-0.05, 0) is 31.7 Å². The van der Waals surface area contributed by atoms with E-state index in [9.17, 15) is 4.79 Å². The van der Waals surface area contributed by atoms with Crippen LogP contribution in [0.4, 0.5) is 0 Å². The molecular weight excluding hydrogens is 204 g/mol. The number of carbonyl (C=O) groups is 1. The summed E-state index contributed by atoms with van der Waals surface area (Å²) in [5.74, 6) is 0.548. The average Bonchev–Trinajstić information content (AvgIpc) is 3.00. The normalized spacial score (nSPS) is 19.1. The van der Waals surface area contributed by atoms with Gasteiger partial charge < -0.3 is 11.1 Å². The van der Waals surface area contributed by atoms with Crippen molar-refractivity contribution in [1.82, 2.24) is 15.5 Å². The van der Waals surface area contributed by atoms with E-state index in [0.29, 0.717) is 18.9 Å². The fourth-order valence-corrected chi connectivity index (χ4v) is 1.96. The van der Waals surface area contributed by atoms with E-state index >= 15 is 0 Å². The molecule has 0 saturated heterocycles. The lowest BCUT2D eigenvalue weighted by Gasteiger charge is -2.29. The number of hydrogen-bond acceptors (Lipinski definition) is 3. The summed E-state index contributed by atoms with van der Waals surface area (Å²) in [7, 11) is 0. The van der Waals surface area contributed by atoms with Gasteiger partial charge in [0.1, 0.15) is 0 Å². The smallest absolute Gasteiger partial charge is 0.226 e. The van der Waals surface area contributed by atoms with Crippen molar-refractivity contribution in [3.8, 4) is 0 Å². The minimum Gasteiger partial charge on any atom is -0.349 e. The molecule has 88 valence electrons. The molecule has 16 heavy (non-hydrogen) atoms. The summed E-state index contributed by atoms with van der Waals surface area (Å²) >= 11 is 0. The molecule has 1 heterocycles. The minimum atomic E-state index is -0.239. The quantitative estimate of drug-likeness (QED) is 0.665. The van der Waals surface area contributed by atoms with Gasteiger partial charge in [-0.3, -0.25) is 9.89 Å². The third kappa shape index (κ3) is 2.41. The molecule has 2 rings (SSSR count). The molecule has 1 aliphatic carbocycles. The van der Waals surface area contributed by atoms with Gasteiger partial charge in [0.15, 0.2) is 0 Å². The maximum atomic E-state index is 11.8. The first-order chi connectivity index (χ1) is 7.64. The zero-order chi connectivity index (χ0) is 11.6. The fraction of sp³-hybridized carbons (Fsp3) is 0.636. The highest BCUT2D eigenvalue weighted by molar-refractivity contribution is 5.79. The second-order valence-corrected chi connectivity index (χ2v) is 4.70. The summed E-state index contributed by atoms with van der Waals surface area (Å²) < 4.78 is 0. The lowest BCUT2D eigenvalue weighted by molar-refractivity contribution is -0.122. The van der Waals surface area contributed by atoms with Crippen molar-refractivity contribution in [2.24, 2.45) is 11.7 Å². The monoisotopic (exact) mass is 222 g/mol. The number of hydrogen-bond donors (Lipinski definition) is 3. The predicted octanol–water partition coefficient (Wildman–Crippen LogP) is 0.196. The maximum Gasteiger partial charge on any atom is 0.226 e. The van der Waals surface area contributed by atoms with Crippen LogP contribution < -0.4 is 11.1 Å². The van der Waals surface area contributed by atoms with Crippen LogP contribution in [-0.4, -0.2) is 28.2 Å². The Morgan fingerprint density at radius 2 is 2.50 bits per heavy atom. The summed E-state index contributed by atoms with van der Waals surface area (Å²) in [6, 6.07) is 1.80. The average molecular weight is 222 g/mol. The van der Waals surface area contributed by atoms with E-state index in [4.69, 9.17) is 5.73 Å². The van der Waals surface area contributed by atoms with E-state index in [1.165, 1.54) is 0 Å². The third-order valence-corrected chi connectivity index (χ3v) is 3.24. The number of amides is 1. The number of nitrogens with two attached hydrogens (primary N) is 1. The summed E-state index contributed by atoms with van der Waals surface area (Å²) in [4.78, 5) is 11.8. The fourth-order valence-electron chi connectivity index (χ4n) is 1.96. The second kappa shape index (κ2) is 4.25. The number of carbonyl (C=O) groups excluding carboxylic acids is 1. The molecule has 1 saturated carbocycles. The third-order valence-electron chi connectivity index (χ3n) is 3.24. The van der Waals surface area contributed by atoms with E-state index in [1.807, 2.05) is 6.92 Å². The molecule has 1 aromatic heterocycles. The Kier molecular flexibility index (Phi) is 2.96. The number of H-pyrrole nitrogens is 1. The van der Waals surface area contributed by atoms with Crippen molar-refractivity contribution >= 4 is 5.91 Å². The molecule has 1 aliphatic rings. The lowest BCUT2D eigenvalue weighted by Crippen LogP contribution is -2.53. The molecule has 1 atom stereocenters. The largest absolute Gasteiger partial charge is 0.349 e. The van der Waals surface area contributed by atoms with Gasteiger partial charge >= 0.3 is 0 Å². The first-order valence-corrected chi connectivity index (χ1v) is 5.63. The van der Waals surface area contributed by atoms with Gasteiger partial charge in [0.05, 0.1) is 12.0 Å². The Labute approximate surface area is 94.8 Å². The van der Waals surface area contributed by atoms with Crippen molar-refractivity contribution in [2.75, 3.05) is 6.54 Å². The molecule has 5 nitrogen and oxygen atoms in total. The summed E-state index contributed by atoms with van der Waals surface area (Å²) in [6.07, 6.45) is 4.31. The zero-order valence-corrected chi connectivity index (χ0v) is 9.49. The Morgan fingerprint density at radius 3 is 3.00 bits per heavy atom. The molecule has 0 spiro atoms. The maximum absolute atomic E-state index is 11.8. The van der Waals surface area contributed by atoms with Crippen LogP contribution in [0.2, 0.25) is 0 Å². The van der Waals surface area contributed by atoms with Crippen LogP contribution in [0.1, 0.15) is 25.5 Å². The summed E-state index contributed by atoms with van der Waals surface area (Å²) in [6.45, 7) is 2.52. The highest BCUT2D eigenvalue weighted by Crippen LogP contribution is 2.38. The lowest BCUT2D eigenvalue weighted by atomic mass is 9.95. The number of aromatic amines is 1. The molecule has 5 heteroatoms. The molecule has 0 aliphatic heterocycles. The SMILES string of the molecule is CC(CN)(NC(=O)Cc1ccn[nH]1)C1CC1. The van der Waals surface area contributed by atoms with Crippen LogP contribution in [0, 0.1) is 5.92 Å². The Morgan fingerprint density at radius 1 is 1.75 bits per heavy atom. The van der Waals surface area contributed by atoms with E-state index in [-0.39, 0.29) is 11.4 Å². The number of aromatic nitrogens is 2. The standard InChI is InChI=1S/C11H18N4O/c1-11(7-12,8-2-3-8)14-10(16)6-9-4-5-13-15-9/h4-5,8H,2-3,6-7,12H2,1H3,(H,13,15)(H,14,16). The molecular formula is C11H18N4O. The number of nitrogens with zero attached hydrogens (tertiary/aromatic N) is 1. The zero-order valence-electron chi connectivity index (χ0n) is 9.49. The predicted molar refractivity (Wildman–Crippen MR) is 60.6 cm³/mol. The van der Waals surface area contributed by atoms with E-state index in [1.54, 1.807) is 12.3 Å². The first-order valence-electron chi connectivity index (χ1n) is 5.63. The molecule has 1 amide bonds. The van der Waals surface area contributed by atoms with Gasteiger partial charge in [0, 0.05) is 18.4 Å². The van der Waals surface area contributed by atoms with Crippen LogP contribution in [-0.2, 0) is 11.2 Å². The van der Waals surface area contributed by atoms with Gasteiger partial charge in [0.2, 0.25) is 5.91 Å². The molecule has 4 N–H and O–H groups in total. The van der Waals surface area contributed by atoms with Crippen molar-refractivity contribution < 1.29 is 4.79 Å². The van der Waals surface area contributed by atoms with E-state index in [0.717, 1.165) is 18.5 Å². The van der Waals surface area contributed by atoms with Crippen molar-refractivity contribution in [3.05, 3.63) is 18.0 Å². The van der Waals surface area contributed by atoms with Crippen LogP contribution >= 0.6 is 0 Å². The van der Waals surface area contributed by atoms with Crippen LogP contribution in [0.3, 0.4) is 0 Å². The van der Waals surface area contributed by atoms with Gasteiger partial charge in [-0.15, -0.1) is 0 Å². The first kappa shape index (κ1) is 11.1. The minimum absolute atomic E-state index is 0.00380. The van der Waals surface area contributed by atoms with Crippen molar-refractivity contribution in [2.45, 2.75) is 31.7 Å². The molecule has 1 fully saturated rings. The van der Waals surface area contributed by atoms with Gasteiger partial charge in [-0.1, -0.05) is 0 Å². The molecule has 0 bridgehead atoms. The molecule has 0 radical (unpaired) electrons. The molecule has 1 aromatic rings. The van der Waals surface area contributed by atoms with Crippen molar-refractivity contribution in [1.29, 1.82) is 0 Å². The van der Waals surface area contributed by atoms with E-state index < -0.39 is 0 Å². The van der Waals surface area contributed by atoms with Crippen molar-refractivity contribution in [3.63, 3.8) is 0 Å². The Bertz CT molecular complexity index is 358. The topological polar surface area (TPSA) is 83.8 Å². The van der Waals surface area contributed by atoms with Crippen LogP contribution in [0.25, 0.3) is 0 Å². The van der Waals surface area contributed by atoms with Gasteiger partial charge in [-0.25, -0.2) is 0 Å². The Hall–Kier alpha value is -1.36. The number of rotatable bonds is 5. The Balaban J connectivity index is 1.90. The summed E-state index contributed by atoms with van der Waals surface area (Å²) in [5.41, 5.74) is 6.32. The summed E-state index contributed by atoms with van der Waals surface area (Å²) in [5, 5.41) is 9.62. The highest BCUT2D eigenvalue weighted by Gasteiger charge is 2.41. The highest BCUT2D eigenvalue weighted by atomic mass is 16.1. The molecule has 0 aromatic carbocycles. The second-order valence-electron chi connectivity index (χ2n) is 4.70. The van der Waals surface area contributed by atoms with Gasteiger partial charge in [0.25, 0.3) is 0 Å². The number of nitrogens with one attached hydrogen (secondary N) is 2. The van der Waals surface area contributed by atoms with E-state index in [2.05, 4.69) is 15.5 Å². The molecule has 1 unspecified atom stereocenters. The van der Waals surface area contributed by atoms with Crippen LogP contribution in [0.15, 0.2) is 12.3 Å². The van der Waals surface area contributed by atoms with Gasteiger partial charge in [-0.2, -0.15) is 5.10 Å².